The predicted molar refractivity (Wildman–Crippen MR) is 89.3 cm³/mol. The topological polar surface area (TPSA) is 75.9 Å². The molecule has 2 aromatic rings. The molecule has 1 fully saturated rings. The summed E-state index contributed by atoms with van der Waals surface area (Å²) in [4.78, 5) is 22.8. The smallest absolute Gasteiger partial charge is 0.222 e. The molecule has 3 rings (SSSR count). The molecule has 124 valence electrons. The van der Waals surface area contributed by atoms with Gasteiger partial charge in [-0.1, -0.05) is 13.8 Å². The molecule has 0 bridgehead atoms. The van der Waals surface area contributed by atoms with Crippen molar-refractivity contribution in [2.45, 2.75) is 39.0 Å². The maximum absolute atomic E-state index is 11.6. The molecule has 7 nitrogen and oxygen atoms in total. The second-order valence-electron chi connectivity index (χ2n) is 6.36. The van der Waals surface area contributed by atoms with E-state index in [9.17, 15) is 4.79 Å². The summed E-state index contributed by atoms with van der Waals surface area (Å²) in [6, 6.07) is 0. The first kappa shape index (κ1) is 15.7. The molecule has 0 radical (unpaired) electrons. The molecule has 3 heterocycles. The number of hydrogen-bond donors (Lipinski definition) is 1. The minimum Gasteiger partial charge on any atom is -0.369 e. The number of hydrogen-bond acceptors (Lipinski definition) is 5. The summed E-state index contributed by atoms with van der Waals surface area (Å²) >= 11 is 0. The van der Waals surface area contributed by atoms with E-state index in [0.717, 1.165) is 55.2 Å². The van der Waals surface area contributed by atoms with Crippen LogP contribution in [0.4, 0.5) is 5.82 Å². The molecule has 0 spiro atoms. The lowest BCUT2D eigenvalue weighted by atomic mass is 10.2. The van der Waals surface area contributed by atoms with Crippen LogP contribution >= 0.6 is 0 Å². The van der Waals surface area contributed by atoms with Gasteiger partial charge in [-0.3, -0.25) is 9.48 Å². The first-order valence-corrected chi connectivity index (χ1v) is 8.27. The second-order valence-corrected chi connectivity index (χ2v) is 6.36. The Morgan fingerprint density at radius 2 is 2.17 bits per heavy atom. The third-order valence-corrected chi connectivity index (χ3v) is 4.19. The first-order valence-electron chi connectivity index (χ1n) is 8.27. The molecule has 1 aliphatic rings. The number of amides is 1. The van der Waals surface area contributed by atoms with E-state index in [2.05, 4.69) is 34.2 Å². The van der Waals surface area contributed by atoms with Gasteiger partial charge >= 0.3 is 0 Å². The minimum atomic E-state index is 0.261. The lowest BCUT2D eigenvalue weighted by molar-refractivity contribution is -0.127. The van der Waals surface area contributed by atoms with Gasteiger partial charge in [-0.25, -0.2) is 9.97 Å². The van der Waals surface area contributed by atoms with Crippen LogP contribution in [0.25, 0.3) is 11.0 Å². The van der Waals surface area contributed by atoms with Crippen LogP contribution in [0.2, 0.25) is 0 Å². The number of anilines is 1. The third kappa shape index (κ3) is 3.28. The molecular formula is C16H24N6O. The lowest BCUT2D eigenvalue weighted by Gasteiger charge is -2.16. The van der Waals surface area contributed by atoms with Crippen LogP contribution in [0.3, 0.4) is 0 Å². The summed E-state index contributed by atoms with van der Waals surface area (Å²) in [7, 11) is 1.89. The van der Waals surface area contributed by atoms with Crippen molar-refractivity contribution in [2.75, 3.05) is 25.0 Å². The molecule has 0 unspecified atom stereocenters. The van der Waals surface area contributed by atoms with Crippen molar-refractivity contribution in [3.8, 4) is 0 Å². The Kier molecular flexibility index (Phi) is 4.45. The molecule has 2 aromatic heterocycles. The van der Waals surface area contributed by atoms with Crippen LogP contribution in [-0.4, -0.2) is 50.2 Å². The number of fused-ring (bicyclic) bond motifs is 1. The van der Waals surface area contributed by atoms with Crippen LogP contribution in [0.15, 0.2) is 6.20 Å². The highest BCUT2D eigenvalue weighted by Gasteiger charge is 2.19. The van der Waals surface area contributed by atoms with Gasteiger partial charge in [-0.2, -0.15) is 5.10 Å². The van der Waals surface area contributed by atoms with E-state index < -0.39 is 0 Å². The zero-order chi connectivity index (χ0) is 16.4. The summed E-state index contributed by atoms with van der Waals surface area (Å²) in [6.07, 6.45) is 4.40. The van der Waals surface area contributed by atoms with Gasteiger partial charge in [0.15, 0.2) is 5.65 Å². The fraction of sp³-hybridized carbons (Fsp3) is 0.625. The van der Waals surface area contributed by atoms with Crippen molar-refractivity contribution >= 4 is 22.8 Å². The molecule has 0 saturated carbocycles. The number of nitrogens with zero attached hydrogens (tertiary/aromatic N) is 5. The summed E-state index contributed by atoms with van der Waals surface area (Å²) in [6.45, 7) is 6.66. The second kappa shape index (κ2) is 6.52. The Labute approximate surface area is 136 Å². The lowest BCUT2D eigenvalue weighted by Crippen LogP contribution is -2.27. The van der Waals surface area contributed by atoms with Crippen molar-refractivity contribution in [3.05, 3.63) is 12.0 Å². The number of carbonyl (C=O) groups is 1. The van der Waals surface area contributed by atoms with Crippen molar-refractivity contribution in [1.29, 1.82) is 0 Å². The van der Waals surface area contributed by atoms with Crippen molar-refractivity contribution in [2.24, 2.45) is 7.05 Å². The average molecular weight is 316 g/mol. The number of aryl methyl sites for hydroxylation is 1. The fourth-order valence-corrected chi connectivity index (χ4v) is 2.85. The standard InChI is InChI=1S/C16H24N6O/c1-11(2)14-19-15(12-10-18-21(3)16(12)20-14)17-7-5-9-22-8-4-6-13(22)23/h10-11H,4-9H2,1-3H3,(H,17,19,20). The van der Waals surface area contributed by atoms with E-state index >= 15 is 0 Å². The van der Waals surface area contributed by atoms with E-state index in [1.807, 2.05) is 11.9 Å². The van der Waals surface area contributed by atoms with Crippen LogP contribution in [0.1, 0.15) is 44.9 Å². The first-order chi connectivity index (χ1) is 11.1. The molecule has 1 saturated heterocycles. The Hall–Kier alpha value is -2.18. The highest BCUT2D eigenvalue weighted by Crippen LogP contribution is 2.22. The van der Waals surface area contributed by atoms with Gasteiger partial charge in [0.2, 0.25) is 5.91 Å². The minimum absolute atomic E-state index is 0.261. The molecule has 0 aliphatic carbocycles. The van der Waals surface area contributed by atoms with E-state index in [4.69, 9.17) is 0 Å². The zero-order valence-corrected chi connectivity index (χ0v) is 14.0. The van der Waals surface area contributed by atoms with Crippen LogP contribution < -0.4 is 5.32 Å². The third-order valence-electron chi connectivity index (χ3n) is 4.19. The Balaban J connectivity index is 1.68. The maximum atomic E-state index is 11.6. The van der Waals surface area contributed by atoms with E-state index in [1.54, 1.807) is 10.9 Å². The van der Waals surface area contributed by atoms with Crippen molar-refractivity contribution in [3.63, 3.8) is 0 Å². The Morgan fingerprint density at radius 1 is 1.35 bits per heavy atom. The summed E-state index contributed by atoms with van der Waals surface area (Å²) in [5.41, 5.74) is 0.848. The largest absolute Gasteiger partial charge is 0.369 e. The van der Waals surface area contributed by atoms with E-state index in [-0.39, 0.29) is 11.8 Å². The number of carbonyl (C=O) groups excluding carboxylic acids is 1. The van der Waals surface area contributed by atoms with Gasteiger partial charge in [0, 0.05) is 39.0 Å². The van der Waals surface area contributed by atoms with Gasteiger partial charge in [-0.05, 0) is 12.8 Å². The van der Waals surface area contributed by atoms with Crippen LogP contribution in [0, 0.1) is 0 Å². The van der Waals surface area contributed by atoms with Gasteiger partial charge in [-0.15, -0.1) is 0 Å². The quantitative estimate of drug-likeness (QED) is 0.824. The highest BCUT2D eigenvalue weighted by molar-refractivity contribution is 5.86. The molecule has 1 N–H and O–H groups in total. The van der Waals surface area contributed by atoms with E-state index in [1.165, 1.54) is 0 Å². The fourth-order valence-electron chi connectivity index (χ4n) is 2.85. The van der Waals surface area contributed by atoms with Crippen LogP contribution in [-0.2, 0) is 11.8 Å². The molecule has 23 heavy (non-hydrogen) atoms. The molecule has 0 atom stereocenters. The number of aromatic nitrogens is 4. The molecule has 0 aromatic carbocycles. The highest BCUT2D eigenvalue weighted by atomic mass is 16.2. The monoisotopic (exact) mass is 316 g/mol. The number of nitrogens with one attached hydrogen (secondary N) is 1. The number of rotatable bonds is 6. The Bertz CT molecular complexity index is 708. The van der Waals surface area contributed by atoms with Gasteiger partial charge in [0.1, 0.15) is 11.6 Å². The normalized spacial score (nSPS) is 15.1. The average Bonchev–Trinajstić information content (AvgIpc) is 3.10. The number of likely N-dealkylation sites (tertiary alicyclic amines) is 1. The summed E-state index contributed by atoms with van der Waals surface area (Å²) in [5, 5.41) is 8.61. The van der Waals surface area contributed by atoms with Gasteiger partial charge in [0.05, 0.1) is 11.6 Å². The summed E-state index contributed by atoms with van der Waals surface area (Å²) < 4.78 is 1.77. The van der Waals surface area contributed by atoms with Crippen LogP contribution in [0.5, 0.6) is 0 Å². The molecule has 1 amide bonds. The maximum Gasteiger partial charge on any atom is 0.222 e. The van der Waals surface area contributed by atoms with Crippen molar-refractivity contribution in [1.82, 2.24) is 24.6 Å². The zero-order valence-electron chi connectivity index (χ0n) is 14.0. The predicted octanol–water partition coefficient (Wildman–Crippen LogP) is 1.91. The van der Waals surface area contributed by atoms with Gasteiger partial charge < -0.3 is 10.2 Å². The van der Waals surface area contributed by atoms with Gasteiger partial charge in [0.25, 0.3) is 0 Å². The van der Waals surface area contributed by atoms with Crippen molar-refractivity contribution < 1.29 is 4.79 Å². The molecule has 7 heteroatoms. The SMILES string of the molecule is CC(C)c1nc(NCCCN2CCCC2=O)c2cnn(C)c2n1. The Morgan fingerprint density at radius 3 is 2.87 bits per heavy atom. The summed E-state index contributed by atoms with van der Waals surface area (Å²) in [5.74, 6) is 2.19. The molecular weight excluding hydrogens is 292 g/mol. The van der Waals surface area contributed by atoms with E-state index in [0.29, 0.717) is 6.42 Å². The molecule has 1 aliphatic heterocycles.